The number of piperazine rings is 1. The second-order valence-electron chi connectivity index (χ2n) is 4.35. The van der Waals surface area contributed by atoms with Gasteiger partial charge in [-0.1, -0.05) is 19.1 Å². The molecule has 1 aliphatic heterocycles. The summed E-state index contributed by atoms with van der Waals surface area (Å²) in [5, 5.41) is 0. The smallest absolute Gasteiger partial charge is 0.142 e. The minimum absolute atomic E-state index is 0.970. The van der Waals surface area contributed by atoms with Gasteiger partial charge in [0.15, 0.2) is 0 Å². The number of hydrogen-bond donors (Lipinski definition) is 0. The van der Waals surface area contributed by atoms with Crippen LogP contribution in [0.3, 0.4) is 0 Å². The van der Waals surface area contributed by atoms with Crippen molar-refractivity contribution in [3.05, 3.63) is 31.2 Å². The van der Waals surface area contributed by atoms with Gasteiger partial charge in [0, 0.05) is 26.2 Å². The van der Waals surface area contributed by atoms with Crippen LogP contribution in [-0.4, -0.2) is 44.7 Å². The van der Waals surface area contributed by atoms with Crippen LogP contribution in [0.1, 0.15) is 6.42 Å². The molecule has 0 atom stereocenters. The van der Waals surface area contributed by atoms with Gasteiger partial charge >= 0.3 is 0 Å². The molecule has 2 rings (SSSR count). The van der Waals surface area contributed by atoms with E-state index >= 15 is 0 Å². The minimum atomic E-state index is 0.970. The molecule has 1 aromatic carbocycles. The second kappa shape index (κ2) is 5.92. The van der Waals surface area contributed by atoms with Crippen molar-refractivity contribution in [3.63, 3.8) is 0 Å². The third-order valence-corrected chi connectivity index (χ3v) is 3.27. The van der Waals surface area contributed by atoms with Crippen molar-refractivity contribution in [2.24, 2.45) is 0 Å². The molecule has 3 nitrogen and oxygen atoms in total. The van der Waals surface area contributed by atoms with Crippen molar-refractivity contribution in [1.29, 1.82) is 0 Å². The summed E-state index contributed by atoms with van der Waals surface area (Å²) in [7, 11) is 1.73. The molecule has 3 heteroatoms. The number of nitrogens with zero attached hydrogens (tertiary/aromatic N) is 2. The van der Waals surface area contributed by atoms with Gasteiger partial charge in [0.1, 0.15) is 5.75 Å². The Kier molecular flexibility index (Phi) is 4.26. The normalized spacial score (nSPS) is 17.2. The molecule has 0 aliphatic carbocycles. The molecule has 93 valence electrons. The summed E-state index contributed by atoms with van der Waals surface area (Å²) < 4.78 is 5.41. The first-order valence-electron chi connectivity index (χ1n) is 6.24. The summed E-state index contributed by atoms with van der Waals surface area (Å²) in [6.07, 6.45) is 0.995. The summed E-state index contributed by atoms with van der Waals surface area (Å²) in [5.41, 5.74) is 1.21. The average molecular weight is 233 g/mol. The highest BCUT2D eigenvalue weighted by Gasteiger charge is 2.18. The van der Waals surface area contributed by atoms with Crippen LogP contribution in [0.25, 0.3) is 0 Å². The van der Waals surface area contributed by atoms with E-state index < -0.39 is 0 Å². The van der Waals surface area contributed by atoms with E-state index in [0.717, 1.165) is 44.9 Å². The highest BCUT2D eigenvalue weighted by molar-refractivity contribution is 5.58. The summed E-state index contributed by atoms with van der Waals surface area (Å²) in [6.45, 7) is 9.40. The summed E-state index contributed by atoms with van der Waals surface area (Å²) >= 11 is 0. The molecule has 1 heterocycles. The van der Waals surface area contributed by atoms with E-state index in [4.69, 9.17) is 4.74 Å². The van der Waals surface area contributed by atoms with Crippen LogP contribution in [0.5, 0.6) is 5.75 Å². The molecule has 1 saturated heterocycles. The van der Waals surface area contributed by atoms with Crippen molar-refractivity contribution in [2.75, 3.05) is 44.7 Å². The molecule has 0 spiro atoms. The van der Waals surface area contributed by atoms with Gasteiger partial charge in [-0.25, -0.2) is 0 Å². The fraction of sp³-hybridized carbons (Fsp3) is 0.500. The van der Waals surface area contributed by atoms with Crippen LogP contribution in [0.15, 0.2) is 24.3 Å². The van der Waals surface area contributed by atoms with Gasteiger partial charge in [-0.2, -0.15) is 0 Å². The Balaban J connectivity index is 2.00. The lowest BCUT2D eigenvalue weighted by Gasteiger charge is -2.36. The number of anilines is 1. The van der Waals surface area contributed by atoms with E-state index in [1.165, 1.54) is 5.69 Å². The molecule has 17 heavy (non-hydrogen) atoms. The molecular weight excluding hydrogens is 212 g/mol. The van der Waals surface area contributed by atoms with Crippen LogP contribution < -0.4 is 9.64 Å². The molecule has 0 bridgehead atoms. The maximum Gasteiger partial charge on any atom is 0.142 e. The number of hydrogen-bond acceptors (Lipinski definition) is 3. The predicted octanol–water partition coefficient (Wildman–Crippen LogP) is 2.04. The molecule has 1 fully saturated rings. The zero-order chi connectivity index (χ0) is 12.1. The lowest BCUT2D eigenvalue weighted by molar-refractivity contribution is 0.261. The third kappa shape index (κ3) is 2.91. The number of ether oxygens (including phenoxy) is 1. The Labute approximate surface area is 104 Å². The van der Waals surface area contributed by atoms with Gasteiger partial charge in [0.05, 0.1) is 12.8 Å². The van der Waals surface area contributed by atoms with Gasteiger partial charge in [0.25, 0.3) is 0 Å². The van der Waals surface area contributed by atoms with Crippen molar-refractivity contribution in [2.45, 2.75) is 6.42 Å². The van der Waals surface area contributed by atoms with E-state index in [1.54, 1.807) is 7.11 Å². The van der Waals surface area contributed by atoms with Crippen LogP contribution >= 0.6 is 0 Å². The zero-order valence-electron chi connectivity index (χ0n) is 10.6. The van der Waals surface area contributed by atoms with E-state index in [9.17, 15) is 0 Å². The van der Waals surface area contributed by atoms with Crippen molar-refractivity contribution < 1.29 is 4.74 Å². The van der Waals surface area contributed by atoms with Crippen molar-refractivity contribution >= 4 is 5.69 Å². The minimum Gasteiger partial charge on any atom is -0.495 e. The lowest BCUT2D eigenvalue weighted by atomic mass is 10.2. The average Bonchev–Trinajstić information content (AvgIpc) is 2.40. The third-order valence-electron chi connectivity index (χ3n) is 3.27. The topological polar surface area (TPSA) is 15.7 Å². The van der Waals surface area contributed by atoms with Crippen molar-refractivity contribution in [3.8, 4) is 5.75 Å². The number of rotatable bonds is 4. The molecular formula is C14H21N2O. The highest BCUT2D eigenvalue weighted by Crippen LogP contribution is 2.28. The van der Waals surface area contributed by atoms with Gasteiger partial charge in [-0.05, 0) is 25.1 Å². The van der Waals surface area contributed by atoms with Crippen LogP contribution in [0.2, 0.25) is 0 Å². The summed E-state index contributed by atoms with van der Waals surface area (Å²) in [6, 6.07) is 8.25. The molecule has 0 unspecified atom stereocenters. The van der Waals surface area contributed by atoms with E-state index in [1.807, 2.05) is 12.1 Å². The molecule has 1 aromatic rings. The monoisotopic (exact) mass is 233 g/mol. The first-order chi connectivity index (χ1) is 8.35. The molecule has 0 N–H and O–H groups in total. The lowest BCUT2D eigenvalue weighted by Crippen LogP contribution is -2.46. The largest absolute Gasteiger partial charge is 0.495 e. The molecule has 1 radical (unpaired) electrons. The first-order valence-corrected chi connectivity index (χ1v) is 6.24. The van der Waals surface area contributed by atoms with Crippen LogP contribution in [0, 0.1) is 6.92 Å². The van der Waals surface area contributed by atoms with Gasteiger partial charge in [-0.3, -0.25) is 4.90 Å². The van der Waals surface area contributed by atoms with Gasteiger partial charge < -0.3 is 9.64 Å². The quantitative estimate of drug-likeness (QED) is 0.791. The van der Waals surface area contributed by atoms with Crippen LogP contribution in [0.4, 0.5) is 5.69 Å². The molecule has 0 aromatic heterocycles. The second-order valence-corrected chi connectivity index (χ2v) is 4.35. The molecule has 0 amide bonds. The van der Waals surface area contributed by atoms with E-state index in [2.05, 4.69) is 28.9 Å². The van der Waals surface area contributed by atoms with Gasteiger partial charge in [-0.15, -0.1) is 0 Å². The first kappa shape index (κ1) is 12.2. The Bertz CT molecular complexity index is 346. The van der Waals surface area contributed by atoms with Crippen LogP contribution in [-0.2, 0) is 0 Å². The predicted molar refractivity (Wildman–Crippen MR) is 71.6 cm³/mol. The Morgan fingerprint density at radius 3 is 2.53 bits per heavy atom. The molecule has 0 saturated carbocycles. The van der Waals surface area contributed by atoms with Crippen molar-refractivity contribution in [1.82, 2.24) is 4.90 Å². The van der Waals surface area contributed by atoms with E-state index in [0.29, 0.717) is 0 Å². The maximum atomic E-state index is 5.41. The Morgan fingerprint density at radius 1 is 1.18 bits per heavy atom. The number of benzene rings is 1. The Hall–Kier alpha value is -1.22. The maximum absolute atomic E-state index is 5.41. The standard InChI is InChI=1S/C14H21N2O/c1-3-8-15-9-11-16(12-10-15)13-6-4-5-7-14(13)17-2/h4-7H,1,3,8-12H2,2H3. The SMILES string of the molecule is [CH2]CCN1CCN(c2ccccc2OC)CC1. The molecule has 1 aliphatic rings. The fourth-order valence-corrected chi connectivity index (χ4v) is 2.33. The fourth-order valence-electron chi connectivity index (χ4n) is 2.33. The zero-order valence-corrected chi connectivity index (χ0v) is 10.6. The number of para-hydroxylation sites is 2. The summed E-state index contributed by atoms with van der Waals surface area (Å²) in [5.74, 6) is 0.970. The highest BCUT2D eigenvalue weighted by atomic mass is 16.5. The summed E-state index contributed by atoms with van der Waals surface area (Å²) in [4.78, 5) is 4.87. The number of methoxy groups -OCH3 is 1. The van der Waals surface area contributed by atoms with Gasteiger partial charge in [0.2, 0.25) is 0 Å². The van der Waals surface area contributed by atoms with E-state index in [-0.39, 0.29) is 0 Å². The Morgan fingerprint density at radius 2 is 1.88 bits per heavy atom.